The van der Waals surface area contributed by atoms with Crippen molar-refractivity contribution in [1.29, 1.82) is 5.26 Å². The van der Waals surface area contributed by atoms with Crippen LogP contribution in [-0.4, -0.2) is 56.4 Å². The van der Waals surface area contributed by atoms with Crippen LogP contribution in [-0.2, 0) is 9.59 Å². The molecule has 170 valence electrons. The largest absolute Gasteiger partial charge is 0.493 e. The van der Waals surface area contributed by atoms with Gasteiger partial charge in [0.1, 0.15) is 5.41 Å². The van der Waals surface area contributed by atoms with E-state index in [-0.39, 0.29) is 23.9 Å². The van der Waals surface area contributed by atoms with E-state index in [2.05, 4.69) is 11.4 Å². The number of ether oxygens (including phenoxy) is 3. The van der Waals surface area contributed by atoms with Crippen LogP contribution >= 0.6 is 11.8 Å². The quantitative estimate of drug-likeness (QED) is 0.590. The van der Waals surface area contributed by atoms with Crippen molar-refractivity contribution in [3.8, 4) is 23.3 Å². The van der Waals surface area contributed by atoms with Gasteiger partial charge in [0.15, 0.2) is 11.5 Å². The Bertz CT molecular complexity index is 969. The number of nitriles is 1. The third-order valence-electron chi connectivity index (χ3n) is 5.59. The number of amides is 3. The fourth-order valence-electron chi connectivity index (χ4n) is 3.85. The van der Waals surface area contributed by atoms with Gasteiger partial charge in [-0.25, -0.2) is 0 Å². The molecule has 0 bridgehead atoms. The lowest BCUT2D eigenvalue weighted by Gasteiger charge is -2.20. The van der Waals surface area contributed by atoms with Gasteiger partial charge in [-0.05, 0) is 48.4 Å². The average Bonchev–Trinajstić information content (AvgIpc) is 3.39. The summed E-state index contributed by atoms with van der Waals surface area (Å²) in [7, 11) is 4.48. The zero-order valence-corrected chi connectivity index (χ0v) is 19.0. The van der Waals surface area contributed by atoms with E-state index in [1.807, 2.05) is 0 Å². The standard InChI is InChI=1S/C22H25N3O6S/c1-29-15-10-14(11-16(30-2)18(15)31-3)12-17-19(26)25(21(28)32-17)9-8-24-20(27)22(13-23)6-4-5-7-22/h10-12H,4-9H2,1-3H3,(H,24,27). The summed E-state index contributed by atoms with van der Waals surface area (Å²) < 4.78 is 15.9. The van der Waals surface area contributed by atoms with E-state index < -0.39 is 16.6 Å². The molecule has 1 aromatic carbocycles. The second kappa shape index (κ2) is 9.96. The third kappa shape index (κ3) is 4.53. The summed E-state index contributed by atoms with van der Waals surface area (Å²) in [4.78, 5) is 38.9. The summed E-state index contributed by atoms with van der Waals surface area (Å²) in [5.41, 5.74) is -0.388. The molecule has 0 aromatic heterocycles. The van der Waals surface area contributed by atoms with Crippen LogP contribution in [0.3, 0.4) is 0 Å². The second-order valence-electron chi connectivity index (χ2n) is 7.45. The summed E-state index contributed by atoms with van der Waals surface area (Å²) >= 11 is 0.822. The Morgan fingerprint density at radius 1 is 1.19 bits per heavy atom. The molecule has 0 spiro atoms. The van der Waals surface area contributed by atoms with Gasteiger partial charge < -0.3 is 19.5 Å². The topological polar surface area (TPSA) is 118 Å². The number of benzene rings is 1. The SMILES string of the molecule is COc1cc(C=C2SC(=O)N(CCNC(=O)C3(C#N)CCCC3)C2=O)cc(OC)c1OC. The molecule has 0 atom stereocenters. The molecule has 1 heterocycles. The maximum atomic E-state index is 12.8. The molecule has 0 unspecified atom stereocenters. The molecule has 1 aliphatic carbocycles. The lowest BCUT2D eigenvalue weighted by molar-refractivity contribution is -0.128. The molecule has 3 amide bonds. The molecule has 9 nitrogen and oxygen atoms in total. The Hall–Kier alpha value is -3.19. The maximum Gasteiger partial charge on any atom is 0.293 e. The molecule has 1 saturated carbocycles. The van der Waals surface area contributed by atoms with E-state index in [1.54, 1.807) is 18.2 Å². The molecule has 2 aliphatic rings. The zero-order chi connectivity index (χ0) is 23.3. The zero-order valence-electron chi connectivity index (χ0n) is 18.2. The van der Waals surface area contributed by atoms with Gasteiger partial charge in [0.25, 0.3) is 11.1 Å². The van der Waals surface area contributed by atoms with E-state index in [0.717, 1.165) is 29.5 Å². The van der Waals surface area contributed by atoms with Crippen LogP contribution in [0.15, 0.2) is 17.0 Å². The first-order chi connectivity index (χ1) is 15.4. The lowest BCUT2D eigenvalue weighted by atomic mass is 9.87. The van der Waals surface area contributed by atoms with Crippen molar-refractivity contribution in [2.45, 2.75) is 25.7 Å². The molecule has 1 aromatic rings. The predicted octanol–water partition coefficient (Wildman–Crippen LogP) is 2.95. The first kappa shape index (κ1) is 23.5. The van der Waals surface area contributed by atoms with Crippen molar-refractivity contribution in [2.24, 2.45) is 5.41 Å². The number of methoxy groups -OCH3 is 3. The summed E-state index contributed by atoms with van der Waals surface area (Å²) in [5, 5.41) is 11.7. The van der Waals surface area contributed by atoms with Crippen LogP contribution in [0.5, 0.6) is 17.2 Å². The van der Waals surface area contributed by atoms with Crippen molar-refractivity contribution in [2.75, 3.05) is 34.4 Å². The number of carbonyl (C=O) groups excluding carboxylic acids is 3. The van der Waals surface area contributed by atoms with Crippen LogP contribution in [0, 0.1) is 16.7 Å². The summed E-state index contributed by atoms with van der Waals surface area (Å²) in [6, 6.07) is 5.49. The highest BCUT2D eigenvalue weighted by molar-refractivity contribution is 8.18. The fourth-order valence-corrected chi connectivity index (χ4v) is 4.71. The van der Waals surface area contributed by atoms with Gasteiger partial charge in [-0.2, -0.15) is 5.26 Å². The van der Waals surface area contributed by atoms with E-state index in [0.29, 0.717) is 35.7 Å². The second-order valence-corrected chi connectivity index (χ2v) is 8.44. The minimum atomic E-state index is -0.995. The minimum Gasteiger partial charge on any atom is -0.493 e. The number of nitrogens with one attached hydrogen (secondary N) is 1. The maximum absolute atomic E-state index is 12.8. The number of hydrogen-bond acceptors (Lipinski definition) is 8. The monoisotopic (exact) mass is 459 g/mol. The number of carbonyl (C=O) groups is 3. The van der Waals surface area contributed by atoms with E-state index in [1.165, 1.54) is 21.3 Å². The summed E-state index contributed by atoms with van der Waals surface area (Å²) in [6.45, 7) is 0.127. The molecule has 1 aliphatic heterocycles. The number of thioether (sulfide) groups is 1. The smallest absolute Gasteiger partial charge is 0.293 e. The Labute approximate surface area is 190 Å². The molecule has 0 radical (unpaired) electrons. The molecule has 10 heteroatoms. The molecule has 2 fully saturated rings. The highest BCUT2D eigenvalue weighted by atomic mass is 32.2. The average molecular weight is 460 g/mol. The van der Waals surface area contributed by atoms with Gasteiger partial charge in [0, 0.05) is 13.1 Å². The first-order valence-electron chi connectivity index (χ1n) is 10.1. The molecule has 1 N–H and O–H groups in total. The van der Waals surface area contributed by atoms with Gasteiger partial charge in [0.05, 0.1) is 32.3 Å². The number of hydrogen-bond donors (Lipinski definition) is 1. The predicted molar refractivity (Wildman–Crippen MR) is 118 cm³/mol. The van der Waals surface area contributed by atoms with E-state index >= 15 is 0 Å². The van der Waals surface area contributed by atoms with Crippen molar-refractivity contribution >= 4 is 34.9 Å². The molecule has 1 saturated heterocycles. The van der Waals surface area contributed by atoms with Crippen LogP contribution < -0.4 is 19.5 Å². The summed E-state index contributed by atoms with van der Waals surface area (Å²) in [6.07, 6.45) is 4.34. The van der Waals surface area contributed by atoms with Crippen molar-refractivity contribution in [1.82, 2.24) is 10.2 Å². The summed E-state index contributed by atoms with van der Waals surface area (Å²) in [5.74, 6) is 0.501. The van der Waals surface area contributed by atoms with Crippen molar-refractivity contribution < 1.29 is 28.6 Å². The van der Waals surface area contributed by atoms with E-state index in [4.69, 9.17) is 14.2 Å². The third-order valence-corrected chi connectivity index (χ3v) is 6.49. The van der Waals surface area contributed by atoms with Gasteiger partial charge in [-0.3, -0.25) is 19.3 Å². The van der Waals surface area contributed by atoms with Gasteiger partial charge in [-0.15, -0.1) is 0 Å². The molecule has 3 rings (SSSR count). The first-order valence-corrected chi connectivity index (χ1v) is 11.0. The Balaban J connectivity index is 1.69. The number of rotatable bonds is 8. The number of nitrogens with zero attached hydrogens (tertiary/aromatic N) is 2. The Morgan fingerprint density at radius 2 is 1.81 bits per heavy atom. The van der Waals surface area contributed by atoms with Crippen LogP contribution in [0.1, 0.15) is 31.2 Å². The Kier molecular flexibility index (Phi) is 7.30. The van der Waals surface area contributed by atoms with Gasteiger partial charge >= 0.3 is 0 Å². The Morgan fingerprint density at radius 3 is 2.34 bits per heavy atom. The van der Waals surface area contributed by atoms with Crippen molar-refractivity contribution in [3.63, 3.8) is 0 Å². The van der Waals surface area contributed by atoms with Gasteiger partial charge in [0.2, 0.25) is 11.7 Å². The highest BCUT2D eigenvalue weighted by Gasteiger charge is 2.41. The normalized spacial score (nSPS) is 18.6. The molecular weight excluding hydrogens is 434 g/mol. The fraction of sp³-hybridized carbons (Fsp3) is 0.455. The van der Waals surface area contributed by atoms with Crippen LogP contribution in [0.25, 0.3) is 6.08 Å². The van der Waals surface area contributed by atoms with E-state index in [9.17, 15) is 19.6 Å². The lowest BCUT2D eigenvalue weighted by Crippen LogP contribution is -2.43. The molecule has 32 heavy (non-hydrogen) atoms. The van der Waals surface area contributed by atoms with Crippen LogP contribution in [0.2, 0.25) is 0 Å². The molecular formula is C22H25N3O6S. The van der Waals surface area contributed by atoms with Crippen molar-refractivity contribution in [3.05, 3.63) is 22.6 Å². The van der Waals surface area contributed by atoms with Gasteiger partial charge in [-0.1, -0.05) is 12.8 Å². The number of imide groups is 1. The van der Waals surface area contributed by atoms with Crippen LogP contribution in [0.4, 0.5) is 4.79 Å². The minimum absolute atomic E-state index is 0.0323. The highest BCUT2D eigenvalue weighted by Crippen LogP contribution is 2.40.